The maximum absolute atomic E-state index is 12.3. The molecule has 1 aromatic carbocycles. The van der Waals surface area contributed by atoms with Crippen molar-refractivity contribution in [2.75, 3.05) is 5.73 Å². The maximum atomic E-state index is 12.3. The van der Waals surface area contributed by atoms with Crippen LogP contribution in [0.1, 0.15) is 30.4 Å². The Bertz CT molecular complexity index is 534. The molecular weight excluding hydrogens is 236 g/mol. The number of aryl methyl sites for hydroxylation is 1. The Hall–Kier alpha value is -1.07. The quantitative estimate of drug-likeness (QED) is 0.807. The van der Waals surface area contributed by atoms with Gasteiger partial charge in [0.15, 0.2) is 0 Å². The molecule has 1 fully saturated rings. The lowest BCUT2D eigenvalue weighted by Crippen LogP contribution is -2.39. The van der Waals surface area contributed by atoms with Gasteiger partial charge in [0.2, 0.25) is 10.0 Å². The van der Waals surface area contributed by atoms with Gasteiger partial charge in [0.05, 0.1) is 4.90 Å². The van der Waals surface area contributed by atoms with Crippen molar-refractivity contribution in [3.8, 4) is 0 Å². The summed E-state index contributed by atoms with van der Waals surface area (Å²) in [6.45, 7) is 3.54. The van der Waals surface area contributed by atoms with Crippen LogP contribution in [0.5, 0.6) is 0 Å². The van der Waals surface area contributed by atoms with Crippen molar-refractivity contribution in [3.05, 3.63) is 23.3 Å². The van der Waals surface area contributed by atoms with Crippen LogP contribution in [0.15, 0.2) is 17.0 Å². The van der Waals surface area contributed by atoms with E-state index >= 15 is 0 Å². The Morgan fingerprint density at radius 3 is 2.47 bits per heavy atom. The van der Waals surface area contributed by atoms with E-state index in [1.54, 1.807) is 26.0 Å². The molecule has 0 bridgehead atoms. The molecule has 5 heteroatoms. The standard InChI is InChI=1S/C12H18N2O2S/c1-8-6-7-11(13)9(2)12(8)17(15,16)14-10-4-3-5-10/h6-7,10,14H,3-5,13H2,1-2H3. The highest BCUT2D eigenvalue weighted by Crippen LogP contribution is 2.27. The van der Waals surface area contributed by atoms with E-state index in [1.807, 2.05) is 0 Å². The molecule has 0 radical (unpaired) electrons. The number of hydrogen-bond donors (Lipinski definition) is 2. The summed E-state index contributed by atoms with van der Waals surface area (Å²) in [5.41, 5.74) is 7.66. The van der Waals surface area contributed by atoms with E-state index in [4.69, 9.17) is 5.73 Å². The Kier molecular flexibility index (Phi) is 3.14. The third-order valence-electron chi connectivity index (χ3n) is 3.34. The molecule has 0 aliphatic heterocycles. The Morgan fingerprint density at radius 2 is 1.94 bits per heavy atom. The number of sulfonamides is 1. The predicted molar refractivity (Wildman–Crippen MR) is 68.3 cm³/mol. The van der Waals surface area contributed by atoms with Crippen LogP contribution in [-0.4, -0.2) is 14.5 Å². The molecule has 0 saturated heterocycles. The van der Waals surface area contributed by atoms with E-state index in [2.05, 4.69) is 4.72 Å². The molecule has 1 aliphatic rings. The molecule has 0 aromatic heterocycles. The SMILES string of the molecule is Cc1ccc(N)c(C)c1S(=O)(=O)NC1CCC1. The summed E-state index contributed by atoms with van der Waals surface area (Å²) in [7, 11) is -3.43. The van der Waals surface area contributed by atoms with E-state index in [0.29, 0.717) is 16.1 Å². The minimum Gasteiger partial charge on any atom is -0.398 e. The normalized spacial score (nSPS) is 16.8. The zero-order valence-electron chi connectivity index (χ0n) is 10.2. The molecular formula is C12H18N2O2S. The fourth-order valence-corrected chi connectivity index (χ4v) is 3.87. The summed E-state index contributed by atoms with van der Waals surface area (Å²) in [4.78, 5) is 0.337. The van der Waals surface area contributed by atoms with Crippen molar-refractivity contribution in [1.29, 1.82) is 0 Å². The number of nitrogen functional groups attached to an aromatic ring is 1. The van der Waals surface area contributed by atoms with Gasteiger partial charge in [-0.25, -0.2) is 13.1 Å². The number of rotatable bonds is 3. The van der Waals surface area contributed by atoms with Gasteiger partial charge in [-0.1, -0.05) is 12.5 Å². The summed E-state index contributed by atoms with van der Waals surface area (Å²) < 4.78 is 27.3. The van der Waals surface area contributed by atoms with Crippen LogP contribution >= 0.6 is 0 Å². The highest BCUT2D eigenvalue weighted by atomic mass is 32.2. The molecule has 1 saturated carbocycles. The van der Waals surface area contributed by atoms with Gasteiger partial charge in [-0.05, 0) is 43.9 Å². The second kappa shape index (κ2) is 4.31. The van der Waals surface area contributed by atoms with Crippen molar-refractivity contribution in [1.82, 2.24) is 4.72 Å². The average molecular weight is 254 g/mol. The molecule has 0 unspecified atom stereocenters. The topological polar surface area (TPSA) is 72.2 Å². The first-order valence-corrected chi connectivity index (χ1v) is 7.28. The summed E-state index contributed by atoms with van der Waals surface area (Å²) in [5.74, 6) is 0. The van der Waals surface area contributed by atoms with Crippen LogP contribution in [-0.2, 0) is 10.0 Å². The molecule has 0 atom stereocenters. The molecule has 94 valence electrons. The first-order chi connectivity index (χ1) is 7.92. The number of benzene rings is 1. The number of anilines is 1. The Labute approximate surface area is 102 Å². The van der Waals surface area contributed by atoms with E-state index in [9.17, 15) is 8.42 Å². The Balaban J connectivity index is 2.41. The molecule has 17 heavy (non-hydrogen) atoms. The number of nitrogens with one attached hydrogen (secondary N) is 1. The van der Waals surface area contributed by atoms with Gasteiger partial charge in [-0.3, -0.25) is 0 Å². The van der Waals surface area contributed by atoms with E-state index in [1.165, 1.54) is 0 Å². The van der Waals surface area contributed by atoms with E-state index < -0.39 is 10.0 Å². The first-order valence-electron chi connectivity index (χ1n) is 5.80. The second-order valence-electron chi connectivity index (χ2n) is 4.67. The van der Waals surface area contributed by atoms with Gasteiger partial charge in [-0.15, -0.1) is 0 Å². The zero-order valence-corrected chi connectivity index (χ0v) is 11.0. The van der Waals surface area contributed by atoms with Crippen LogP contribution in [0.2, 0.25) is 0 Å². The third-order valence-corrected chi connectivity index (χ3v) is 5.15. The van der Waals surface area contributed by atoms with Crippen LogP contribution < -0.4 is 10.5 Å². The van der Waals surface area contributed by atoms with Crippen LogP contribution in [0.3, 0.4) is 0 Å². The lowest BCUT2D eigenvalue weighted by molar-refractivity contribution is 0.383. The van der Waals surface area contributed by atoms with Crippen molar-refractivity contribution >= 4 is 15.7 Å². The van der Waals surface area contributed by atoms with Crippen molar-refractivity contribution < 1.29 is 8.42 Å². The fourth-order valence-electron chi connectivity index (χ4n) is 2.06. The largest absolute Gasteiger partial charge is 0.398 e. The number of nitrogens with two attached hydrogens (primary N) is 1. The molecule has 0 amide bonds. The van der Waals surface area contributed by atoms with Crippen LogP contribution in [0.4, 0.5) is 5.69 Å². The third kappa shape index (κ3) is 2.30. The summed E-state index contributed by atoms with van der Waals surface area (Å²) in [6.07, 6.45) is 2.96. The lowest BCUT2D eigenvalue weighted by atomic mass is 9.94. The monoisotopic (exact) mass is 254 g/mol. The summed E-state index contributed by atoms with van der Waals surface area (Å²) in [5, 5.41) is 0. The van der Waals surface area contributed by atoms with Crippen molar-refractivity contribution in [3.63, 3.8) is 0 Å². The highest BCUT2D eigenvalue weighted by molar-refractivity contribution is 7.89. The van der Waals surface area contributed by atoms with Crippen molar-refractivity contribution in [2.24, 2.45) is 0 Å². The van der Waals surface area contributed by atoms with Gasteiger partial charge >= 0.3 is 0 Å². The maximum Gasteiger partial charge on any atom is 0.241 e. The second-order valence-corrected chi connectivity index (χ2v) is 6.33. The molecule has 3 N–H and O–H groups in total. The lowest BCUT2D eigenvalue weighted by Gasteiger charge is -2.27. The van der Waals surface area contributed by atoms with Crippen LogP contribution in [0, 0.1) is 13.8 Å². The fraction of sp³-hybridized carbons (Fsp3) is 0.500. The Morgan fingerprint density at radius 1 is 1.29 bits per heavy atom. The van der Waals surface area contributed by atoms with Gasteiger partial charge in [0, 0.05) is 11.7 Å². The summed E-state index contributed by atoms with van der Waals surface area (Å²) >= 11 is 0. The van der Waals surface area contributed by atoms with E-state index in [-0.39, 0.29) is 6.04 Å². The molecule has 0 heterocycles. The number of hydrogen-bond acceptors (Lipinski definition) is 3. The molecule has 4 nitrogen and oxygen atoms in total. The molecule has 2 rings (SSSR count). The molecule has 1 aliphatic carbocycles. The minimum atomic E-state index is -3.43. The smallest absolute Gasteiger partial charge is 0.241 e. The predicted octanol–water partition coefficient (Wildman–Crippen LogP) is 1.72. The van der Waals surface area contributed by atoms with Gasteiger partial charge < -0.3 is 5.73 Å². The zero-order chi connectivity index (χ0) is 12.6. The van der Waals surface area contributed by atoms with Gasteiger partial charge in [0.25, 0.3) is 0 Å². The van der Waals surface area contributed by atoms with Gasteiger partial charge in [0.1, 0.15) is 0 Å². The first kappa shape index (κ1) is 12.4. The van der Waals surface area contributed by atoms with Crippen LogP contribution in [0.25, 0.3) is 0 Å². The van der Waals surface area contributed by atoms with Gasteiger partial charge in [-0.2, -0.15) is 0 Å². The minimum absolute atomic E-state index is 0.0974. The molecule has 1 aromatic rings. The van der Waals surface area contributed by atoms with Crippen molar-refractivity contribution in [2.45, 2.75) is 44.0 Å². The highest BCUT2D eigenvalue weighted by Gasteiger charge is 2.27. The average Bonchev–Trinajstić information content (AvgIpc) is 2.18. The summed E-state index contributed by atoms with van der Waals surface area (Å²) in [6, 6.07) is 3.59. The molecule has 0 spiro atoms. The van der Waals surface area contributed by atoms with E-state index in [0.717, 1.165) is 24.8 Å².